The van der Waals surface area contributed by atoms with Gasteiger partial charge in [-0.25, -0.2) is 0 Å². The van der Waals surface area contributed by atoms with Crippen molar-refractivity contribution in [2.45, 2.75) is 212 Å². The molecule has 0 fully saturated rings. The fraction of sp³-hybridized carbons (Fsp3) is 0.680. The predicted molar refractivity (Wildman–Crippen MR) is 241 cm³/mol. The van der Waals surface area contributed by atoms with E-state index in [1.807, 2.05) is 60.8 Å². The molecule has 0 heterocycles. The first kappa shape index (κ1) is 53.0. The Labute approximate surface area is 344 Å². The highest BCUT2D eigenvalue weighted by atomic mass is 16.5. The fourth-order valence-corrected chi connectivity index (χ4v) is 6.39. The van der Waals surface area contributed by atoms with E-state index in [1.54, 1.807) is 0 Å². The molecule has 3 N–H and O–H groups in total. The number of rotatable bonds is 39. The standard InChI is InChI=1S/C50H85NO5/c1-4-7-10-13-16-19-22-23-24-25-28-29-32-35-38-41-46(56-50(55)43-40-37-34-31-27-21-18-15-12-9-6-3)44-49(54)51-47(45-52)48(53)42-39-36-33-30-26-20-17-14-11-8-5-2/h7,10,13,15-16,18-19,22-25,28-29,32,46-48,52-53H,4-6,8-9,11-12,14,17,20-21,26-27,30-31,33-45H2,1-3H3,(H,51,54)/b10-7-,16-13+,18-15-,22-19+,24-23-,28-25+,32-29+. The largest absolute Gasteiger partial charge is 0.462 e. The summed E-state index contributed by atoms with van der Waals surface area (Å²) in [4.78, 5) is 26.0. The van der Waals surface area contributed by atoms with E-state index in [9.17, 15) is 19.8 Å². The Morgan fingerprint density at radius 1 is 0.536 bits per heavy atom. The lowest BCUT2D eigenvalue weighted by Gasteiger charge is -2.24. The van der Waals surface area contributed by atoms with E-state index in [-0.39, 0.29) is 24.9 Å². The van der Waals surface area contributed by atoms with Crippen molar-refractivity contribution in [1.82, 2.24) is 5.32 Å². The van der Waals surface area contributed by atoms with Gasteiger partial charge < -0.3 is 20.3 Å². The van der Waals surface area contributed by atoms with Crippen molar-refractivity contribution in [1.29, 1.82) is 0 Å². The van der Waals surface area contributed by atoms with Crippen LogP contribution in [0.15, 0.2) is 85.1 Å². The summed E-state index contributed by atoms with van der Waals surface area (Å²) in [5.41, 5.74) is 0. The Bertz CT molecular complexity index is 1100. The first-order valence-corrected chi connectivity index (χ1v) is 22.9. The van der Waals surface area contributed by atoms with E-state index >= 15 is 0 Å². The van der Waals surface area contributed by atoms with E-state index < -0.39 is 18.2 Å². The molecule has 0 aliphatic heterocycles. The van der Waals surface area contributed by atoms with Gasteiger partial charge in [-0.05, 0) is 57.8 Å². The van der Waals surface area contributed by atoms with E-state index in [1.165, 1.54) is 77.0 Å². The molecular weight excluding hydrogens is 695 g/mol. The number of carbonyl (C=O) groups is 2. The smallest absolute Gasteiger partial charge is 0.306 e. The van der Waals surface area contributed by atoms with Crippen LogP contribution in [0.3, 0.4) is 0 Å². The van der Waals surface area contributed by atoms with E-state index in [2.05, 4.69) is 50.4 Å². The number of carbonyl (C=O) groups excluding carboxylic acids is 2. The third kappa shape index (κ3) is 37.9. The molecule has 0 aromatic heterocycles. The van der Waals surface area contributed by atoms with E-state index in [0.717, 1.165) is 70.6 Å². The molecular formula is C50H85NO5. The van der Waals surface area contributed by atoms with Crippen molar-refractivity contribution in [2.75, 3.05) is 6.61 Å². The number of ether oxygens (including phenoxy) is 1. The summed E-state index contributed by atoms with van der Waals surface area (Å²) >= 11 is 0. The fourth-order valence-electron chi connectivity index (χ4n) is 6.39. The Kier molecular flexibility index (Phi) is 40.9. The molecule has 0 radical (unpaired) electrons. The number of aliphatic hydroxyl groups is 2. The molecule has 0 rings (SSSR count). The number of allylic oxidation sites excluding steroid dienone is 14. The highest BCUT2D eigenvalue weighted by molar-refractivity contribution is 5.77. The normalized spacial score (nSPS) is 14.2. The van der Waals surface area contributed by atoms with Gasteiger partial charge in [0.2, 0.25) is 5.91 Å². The lowest BCUT2D eigenvalue weighted by atomic mass is 10.0. The van der Waals surface area contributed by atoms with Crippen LogP contribution in [-0.4, -0.2) is 46.9 Å². The zero-order valence-corrected chi connectivity index (χ0v) is 36.2. The monoisotopic (exact) mass is 780 g/mol. The number of unbranched alkanes of at least 4 members (excludes halogenated alkanes) is 18. The summed E-state index contributed by atoms with van der Waals surface area (Å²) in [5, 5.41) is 23.6. The third-order valence-electron chi connectivity index (χ3n) is 9.87. The molecule has 6 nitrogen and oxygen atoms in total. The molecule has 56 heavy (non-hydrogen) atoms. The molecule has 0 saturated carbocycles. The Morgan fingerprint density at radius 3 is 1.59 bits per heavy atom. The first-order valence-electron chi connectivity index (χ1n) is 22.9. The molecule has 0 saturated heterocycles. The number of hydrogen-bond donors (Lipinski definition) is 3. The molecule has 320 valence electrons. The molecule has 3 atom stereocenters. The SMILES string of the molecule is CC\C=C/C=C/C=C/C=C\C=C\C=C\CCCC(CC(=O)NC(CO)C(O)CCCCCCCCCCCCC)OC(=O)CCCCCCC/C=C\CCCC. The van der Waals surface area contributed by atoms with Gasteiger partial charge in [0, 0.05) is 6.42 Å². The molecule has 0 aliphatic carbocycles. The summed E-state index contributed by atoms with van der Waals surface area (Å²) in [5.74, 6) is -0.570. The quantitative estimate of drug-likeness (QED) is 0.0250. The average Bonchev–Trinajstić information content (AvgIpc) is 3.19. The van der Waals surface area contributed by atoms with Crippen LogP contribution in [0.1, 0.15) is 194 Å². The molecule has 0 aromatic rings. The van der Waals surface area contributed by atoms with Gasteiger partial charge in [-0.3, -0.25) is 9.59 Å². The van der Waals surface area contributed by atoms with Crippen LogP contribution < -0.4 is 5.32 Å². The van der Waals surface area contributed by atoms with Crippen LogP contribution >= 0.6 is 0 Å². The second kappa shape index (κ2) is 43.2. The number of hydrogen-bond acceptors (Lipinski definition) is 5. The molecule has 0 aromatic carbocycles. The highest BCUT2D eigenvalue weighted by Gasteiger charge is 2.24. The second-order valence-corrected chi connectivity index (χ2v) is 15.2. The minimum atomic E-state index is -0.811. The van der Waals surface area contributed by atoms with Crippen molar-refractivity contribution < 1.29 is 24.5 Å². The Hall–Kier alpha value is -2.96. The maximum absolute atomic E-state index is 13.1. The van der Waals surface area contributed by atoms with Gasteiger partial charge in [-0.2, -0.15) is 0 Å². The molecule has 0 aliphatic rings. The Morgan fingerprint density at radius 2 is 1.02 bits per heavy atom. The Balaban J connectivity index is 4.80. The van der Waals surface area contributed by atoms with Gasteiger partial charge >= 0.3 is 5.97 Å². The molecule has 0 spiro atoms. The summed E-state index contributed by atoms with van der Waals surface area (Å²) < 4.78 is 5.86. The molecule has 0 bridgehead atoms. The predicted octanol–water partition coefficient (Wildman–Crippen LogP) is 13.2. The summed E-state index contributed by atoms with van der Waals surface area (Å²) in [6.07, 6.45) is 55.0. The van der Waals surface area contributed by atoms with Crippen LogP contribution in [0, 0.1) is 0 Å². The highest BCUT2D eigenvalue weighted by Crippen LogP contribution is 2.16. The average molecular weight is 780 g/mol. The third-order valence-corrected chi connectivity index (χ3v) is 9.87. The summed E-state index contributed by atoms with van der Waals surface area (Å²) in [7, 11) is 0. The first-order chi connectivity index (χ1) is 27.5. The zero-order chi connectivity index (χ0) is 41.0. The van der Waals surface area contributed by atoms with Crippen molar-refractivity contribution >= 4 is 11.9 Å². The lowest BCUT2D eigenvalue weighted by molar-refractivity contribution is -0.151. The van der Waals surface area contributed by atoms with Gasteiger partial charge in [-0.1, -0.05) is 209 Å². The van der Waals surface area contributed by atoms with Gasteiger partial charge in [0.15, 0.2) is 0 Å². The van der Waals surface area contributed by atoms with Gasteiger partial charge in [0.25, 0.3) is 0 Å². The van der Waals surface area contributed by atoms with Crippen LogP contribution in [0.2, 0.25) is 0 Å². The van der Waals surface area contributed by atoms with Crippen LogP contribution in [-0.2, 0) is 14.3 Å². The van der Waals surface area contributed by atoms with Crippen LogP contribution in [0.5, 0.6) is 0 Å². The van der Waals surface area contributed by atoms with Crippen molar-refractivity contribution in [3.63, 3.8) is 0 Å². The van der Waals surface area contributed by atoms with E-state index in [4.69, 9.17) is 4.74 Å². The summed E-state index contributed by atoms with van der Waals surface area (Å²) in [6, 6.07) is -0.729. The zero-order valence-electron chi connectivity index (χ0n) is 36.2. The number of nitrogens with one attached hydrogen (secondary N) is 1. The minimum absolute atomic E-state index is 0.0190. The molecule has 3 unspecified atom stereocenters. The van der Waals surface area contributed by atoms with Crippen molar-refractivity contribution in [3.8, 4) is 0 Å². The minimum Gasteiger partial charge on any atom is -0.462 e. The number of aliphatic hydroxyl groups excluding tert-OH is 2. The van der Waals surface area contributed by atoms with Crippen molar-refractivity contribution in [3.05, 3.63) is 85.1 Å². The molecule has 1 amide bonds. The van der Waals surface area contributed by atoms with Crippen LogP contribution in [0.4, 0.5) is 0 Å². The topological polar surface area (TPSA) is 95.9 Å². The summed E-state index contributed by atoms with van der Waals surface area (Å²) in [6.45, 7) is 6.24. The van der Waals surface area contributed by atoms with Crippen LogP contribution in [0.25, 0.3) is 0 Å². The van der Waals surface area contributed by atoms with Gasteiger partial charge in [0.05, 0.1) is 25.2 Å². The van der Waals surface area contributed by atoms with Gasteiger partial charge in [0.1, 0.15) is 6.10 Å². The number of esters is 1. The lowest BCUT2D eigenvalue weighted by Crippen LogP contribution is -2.46. The van der Waals surface area contributed by atoms with Gasteiger partial charge in [-0.15, -0.1) is 0 Å². The molecule has 6 heteroatoms. The maximum atomic E-state index is 13.1. The number of amides is 1. The van der Waals surface area contributed by atoms with E-state index in [0.29, 0.717) is 19.3 Å². The second-order valence-electron chi connectivity index (χ2n) is 15.2. The maximum Gasteiger partial charge on any atom is 0.306 e. The van der Waals surface area contributed by atoms with Crippen molar-refractivity contribution in [2.24, 2.45) is 0 Å².